The summed E-state index contributed by atoms with van der Waals surface area (Å²) in [5.74, 6) is 0. The zero-order chi connectivity index (χ0) is 25.3. The Kier molecular flexibility index (Phi) is 14.6. The molecule has 0 saturated carbocycles. The van der Waals surface area contributed by atoms with Crippen molar-refractivity contribution in [3.05, 3.63) is 0 Å². The van der Waals surface area contributed by atoms with Crippen LogP contribution in [0.25, 0.3) is 0 Å². The van der Waals surface area contributed by atoms with Crippen molar-refractivity contribution in [1.82, 2.24) is 0 Å². The van der Waals surface area contributed by atoms with Crippen LogP contribution in [0.2, 0.25) is 64.5 Å². The maximum Gasteiger partial charge on any atom is 0.472 e. The quantitative estimate of drug-likeness (QED) is 0.128. The summed E-state index contributed by atoms with van der Waals surface area (Å²) >= 11 is 0. The first-order valence-corrected chi connectivity index (χ1v) is 27.9. The molecule has 32 heavy (non-hydrogen) atoms. The molecule has 0 spiro atoms. The Morgan fingerprint density at radius 3 is 1.22 bits per heavy atom. The molecule has 0 radical (unpaired) electrons. The van der Waals surface area contributed by atoms with Gasteiger partial charge >= 0.3 is 8.80 Å². The third-order valence-electron chi connectivity index (χ3n) is 5.66. The zero-order valence-corrected chi connectivity index (χ0v) is 29.2. The normalized spacial score (nSPS) is 15.3. The van der Waals surface area contributed by atoms with Crippen molar-refractivity contribution in [2.24, 2.45) is 0 Å². The Morgan fingerprint density at radius 1 is 0.562 bits per heavy atom. The molecule has 0 heterocycles. The van der Waals surface area contributed by atoms with Gasteiger partial charge in [0.15, 0.2) is 25.0 Å². The summed E-state index contributed by atoms with van der Waals surface area (Å²) in [4.78, 5) is 0. The Bertz CT molecular complexity index is 464. The molecule has 0 aromatic rings. The summed E-state index contributed by atoms with van der Waals surface area (Å²) in [5, 5.41) is 0. The van der Waals surface area contributed by atoms with Gasteiger partial charge in [0.1, 0.15) is 0 Å². The van der Waals surface area contributed by atoms with Crippen LogP contribution in [0.5, 0.6) is 0 Å². The van der Waals surface area contributed by atoms with Gasteiger partial charge in [-0.25, -0.2) is 0 Å². The molecule has 0 aliphatic rings. The van der Waals surface area contributed by atoms with Crippen LogP contribution < -0.4 is 0 Å². The molecular weight excluding hydrogens is 480 g/mol. The van der Waals surface area contributed by atoms with Crippen molar-refractivity contribution in [2.45, 2.75) is 131 Å². The fourth-order valence-corrected chi connectivity index (χ4v) is 24.6. The molecule has 194 valence electrons. The Morgan fingerprint density at radius 2 is 0.938 bits per heavy atom. The maximum atomic E-state index is 7.04. The van der Waals surface area contributed by atoms with Crippen LogP contribution in [0.15, 0.2) is 0 Å². The standard InChI is InChI=1S/C24H60O3PSi4/c1-14-17-21-28(20-16-3,22-18-15-2)23-19-24(4)32(25-29(5,6)7,26-30(8,9)10)27-31(11,12)13/h24H,14-23H2,1-13H3/q+1. The van der Waals surface area contributed by atoms with Crippen LogP contribution in [0.3, 0.4) is 0 Å². The van der Waals surface area contributed by atoms with Gasteiger partial charge in [0, 0.05) is 12.8 Å². The fourth-order valence-electron chi connectivity index (χ4n) is 4.42. The largest absolute Gasteiger partial charge is 0.472 e. The van der Waals surface area contributed by atoms with Crippen molar-refractivity contribution in [3.63, 3.8) is 0 Å². The molecule has 8 heteroatoms. The highest BCUT2D eigenvalue weighted by atomic mass is 31.2. The average Bonchev–Trinajstić information content (AvgIpc) is 2.58. The third-order valence-corrected chi connectivity index (χ3v) is 23.0. The van der Waals surface area contributed by atoms with Crippen molar-refractivity contribution in [1.29, 1.82) is 0 Å². The smallest absolute Gasteiger partial charge is 0.417 e. The molecule has 1 atom stereocenters. The summed E-state index contributed by atoms with van der Waals surface area (Å²) < 4.78 is 21.1. The van der Waals surface area contributed by atoms with Gasteiger partial charge < -0.3 is 12.3 Å². The van der Waals surface area contributed by atoms with E-state index in [0.717, 1.165) is 0 Å². The lowest BCUT2D eigenvalue weighted by Gasteiger charge is -2.46. The van der Waals surface area contributed by atoms with Gasteiger partial charge in [0.2, 0.25) is 0 Å². The summed E-state index contributed by atoms with van der Waals surface area (Å²) in [6.07, 6.45) is 13.8. The molecule has 0 aliphatic heterocycles. The van der Waals surface area contributed by atoms with E-state index in [4.69, 9.17) is 12.3 Å². The van der Waals surface area contributed by atoms with Gasteiger partial charge in [0.05, 0.1) is 24.6 Å². The number of hydrogen-bond acceptors (Lipinski definition) is 3. The van der Waals surface area contributed by atoms with Crippen molar-refractivity contribution in [2.75, 3.05) is 24.6 Å². The number of unbranched alkanes of at least 4 members (excludes halogenated alkanes) is 2. The molecule has 1 unspecified atom stereocenters. The molecule has 3 nitrogen and oxygen atoms in total. The molecule has 0 aromatic carbocycles. The van der Waals surface area contributed by atoms with Crippen molar-refractivity contribution in [3.8, 4) is 0 Å². The predicted octanol–water partition coefficient (Wildman–Crippen LogP) is 9.29. The van der Waals surface area contributed by atoms with Crippen molar-refractivity contribution >= 4 is 41.0 Å². The maximum absolute atomic E-state index is 7.04. The monoisotopic (exact) mass is 539 g/mol. The van der Waals surface area contributed by atoms with E-state index in [0.29, 0.717) is 5.54 Å². The molecule has 0 aliphatic carbocycles. The second kappa shape index (κ2) is 14.1. The van der Waals surface area contributed by atoms with E-state index in [2.05, 4.69) is 86.6 Å². The summed E-state index contributed by atoms with van der Waals surface area (Å²) in [5.41, 5.74) is 0.382. The minimum Gasteiger partial charge on any atom is -0.417 e. The molecule has 0 N–H and O–H groups in total. The summed E-state index contributed by atoms with van der Waals surface area (Å²) in [6, 6.07) is 0. The predicted molar refractivity (Wildman–Crippen MR) is 160 cm³/mol. The highest BCUT2D eigenvalue weighted by Gasteiger charge is 2.54. The second-order valence-electron chi connectivity index (χ2n) is 12.9. The summed E-state index contributed by atoms with van der Waals surface area (Å²) in [6.45, 7) is 30.3. The third kappa shape index (κ3) is 13.9. The molecule has 0 amide bonds. The molecule has 0 rings (SSSR count). The van der Waals surface area contributed by atoms with E-state index < -0.39 is 41.0 Å². The number of hydrogen-bond donors (Lipinski definition) is 0. The van der Waals surface area contributed by atoms with Gasteiger partial charge in [-0.05, 0) is 84.6 Å². The lowest BCUT2D eigenvalue weighted by atomic mass is 10.4. The van der Waals surface area contributed by atoms with E-state index in [9.17, 15) is 0 Å². The number of rotatable bonds is 18. The molecule has 0 fully saturated rings. The lowest BCUT2D eigenvalue weighted by Crippen LogP contribution is -2.62. The van der Waals surface area contributed by atoms with Gasteiger partial charge in [-0.15, -0.1) is 0 Å². The van der Waals surface area contributed by atoms with Crippen LogP contribution >= 0.6 is 7.26 Å². The van der Waals surface area contributed by atoms with Gasteiger partial charge in [-0.1, -0.05) is 40.5 Å². The topological polar surface area (TPSA) is 27.7 Å². The van der Waals surface area contributed by atoms with E-state index >= 15 is 0 Å². The van der Waals surface area contributed by atoms with Crippen LogP contribution in [-0.2, 0) is 12.3 Å². The van der Waals surface area contributed by atoms with Gasteiger partial charge in [-0.3, -0.25) is 0 Å². The highest BCUT2D eigenvalue weighted by molar-refractivity contribution is 7.75. The molecule has 0 bridgehead atoms. The minimum atomic E-state index is -2.79. The lowest BCUT2D eigenvalue weighted by molar-refractivity contribution is 0.236. The Balaban J connectivity index is 6.04. The first-order valence-electron chi connectivity index (χ1n) is 13.4. The summed E-state index contributed by atoms with van der Waals surface area (Å²) in [7, 11) is -9.17. The molecule has 0 aromatic heterocycles. The van der Waals surface area contributed by atoms with E-state index in [1.165, 1.54) is 63.2 Å². The Labute approximate surface area is 208 Å². The van der Waals surface area contributed by atoms with Crippen LogP contribution in [0.1, 0.15) is 66.2 Å². The van der Waals surface area contributed by atoms with Gasteiger partial charge in [0.25, 0.3) is 0 Å². The highest BCUT2D eigenvalue weighted by Crippen LogP contribution is 2.62. The van der Waals surface area contributed by atoms with Crippen LogP contribution in [0, 0.1) is 0 Å². The van der Waals surface area contributed by atoms with Crippen LogP contribution in [0.4, 0.5) is 0 Å². The molecule has 0 saturated heterocycles. The van der Waals surface area contributed by atoms with Crippen molar-refractivity contribution < 1.29 is 12.3 Å². The van der Waals surface area contributed by atoms with Gasteiger partial charge in [-0.2, -0.15) is 0 Å². The van der Waals surface area contributed by atoms with E-state index in [1.807, 2.05) is 0 Å². The average molecular weight is 540 g/mol. The van der Waals surface area contributed by atoms with Crippen LogP contribution in [-0.4, -0.2) is 58.4 Å². The first kappa shape index (κ1) is 33.2. The molecular formula is C24H60O3PSi4+. The minimum absolute atomic E-state index is 0.382. The zero-order valence-electron chi connectivity index (χ0n) is 24.3. The van der Waals surface area contributed by atoms with E-state index in [-0.39, 0.29) is 0 Å². The first-order chi connectivity index (χ1) is 14.4. The second-order valence-corrected chi connectivity index (χ2v) is 34.7. The SMILES string of the molecule is CCCC[P+](CCC)(CCCC)CCC(C)[Si](O[Si](C)(C)C)(O[Si](C)(C)C)O[Si](C)(C)C. The van der Waals surface area contributed by atoms with E-state index in [1.54, 1.807) is 0 Å². The fraction of sp³-hybridized carbons (Fsp3) is 1.00. The Hall–Kier alpha value is 1.18.